The maximum atomic E-state index is 9.67. The average molecular weight is 260 g/mol. The molecule has 0 aliphatic carbocycles. The van der Waals surface area contributed by atoms with Gasteiger partial charge in [-0.2, -0.15) is 0 Å². The lowest BCUT2D eigenvalue weighted by Crippen LogP contribution is -2.42. The number of ether oxygens (including phenoxy) is 1. The molecule has 1 unspecified atom stereocenters. The molecule has 1 heterocycles. The van der Waals surface area contributed by atoms with Crippen LogP contribution in [0.25, 0.3) is 0 Å². The van der Waals surface area contributed by atoms with E-state index in [1.807, 2.05) is 20.8 Å². The molecule has 0 saturated carbocycles. The van der Waals surface area contributed by atoms with Crippen LogP contribution in [0.5, 0.6) is 5.88 Å². The fourth-order valence-corrected chi connectivity index (χ4v) is 1.15. The third-order valence-electron chi connectivity index (χ3n) is 1.90. The molecule has 0 aliphatic rings. The van der Waals surface area contributed by atoms with Gasteiger partial charge in [0.15, 0.2) is 5.15 Å². The highest BCUT2D eigenvalue weighted by Gasteiger charge is 2.12. The van der Waals surface area contributed by atoms with Gasteiger partial charge in [0, 0.05) is 18.2 Å². The molecule has 0 radical (unpaired) electrons. The topological polar surface area (TPSA) is 67.3 Å². The Morgan fingerprint density at radius 1 is 1.41 bits per heavy atom. The molecule has 1 aromatic rings. The molecule has 0 spiro atoms. The Hall–Kier alpha value is -0.910. The SMILES string of the molecule is CC(C)(C)NCC(O)COc1ccc(Cl)nn1. The predicted octanol–water partition coefficient (Wildman–Crippen LogP) is 1.26. The molecule has 1 rings (SSSR count). The second-order valence-electron chi connectivity index (χ2n) is 4.79. The van der Waals surface area contributed by atoms with Crippen LogP contribution in [0.2, 0.25) is 5.15 Å². The first-order valence-corrected chi connectivity index (χ1v) is 5.80. The van der Waals surface area contributed by atoms with Gasteiger partial charge in [-0.15, -0.1) is 10.2 Å². The molecule has 0 saturated heterocycles. The number of rotatable bonds is 5. The Morgan fingerprint density at radius 2 is 2.12 bits per heavy atom. The highest BCUT2D eigenvalue weighted by atomic mass is 35.5. The molecule has 1 aromatic heterocycles. The highest BCUT2D eigenvalue weighted by molar-refractivity contribution is 6.29. The fraction of sp³-hybridized carbons (Fsp3) is 0.636. The highest BCUT2D eigenvalue weighted by Crippen LogP contribution is 2.08. The molecule has 96 valence electrons. The Kier molecular flexibility index (Phi) is 5.11. The van der Waals surface area contributed by atoms with Gasteiger partial charge in [0.1, 0.15) is 12.7 Å². The summed E-state index contributed by atoms with van der Waals surface area (Å²) >= 11 is 5.59. The second kappa shape index (κ2) is 6.14. The maximum Gasteiger partial charge on any atom is 0.233 e. The van der Waals surface area contributed by atoms with Gasteiger partial charge in [-0.25, -0.2) is 0 Å². The van der Waals surface area contributed by atoms with Gasteiger partial charge >= 0.3 is 0 Å². The third kappa shape index (κ3) is 6.41. The number of aliphatic hydroxyl groups excluding tert-OH is 1. The van der Waals surface area contributed by atoms with Crippen molar-refractivity contribution in [1.82, 2.24) is 15.5 Å². The summed E-state index contributed by atoms with van der Waals surface area (Å²) in [5.74, 6) is 0.351. The summed E-state index contributed by atoms with van der Waals surface area (Å²) < 4.78 is 5.27. The van der Waals surface area contributed by atoms with E-state index in [0.29, 0.717) is 17.6 Å². The van der Waals surface area contributed by atoms with Crippen molar-refractivity contribution in [3.63, 3.8) is 0 Å². The number of halogens is 1. The summed E-state index contributed by atoms with van der Waals surface area (Å²) in [6, 6.07) is 3.20. The van der Waals surface area contributed by atoms with Crippen LogP contribution >= 0.6 is 11.6 Å². The number of aliphatic hydroxyl groups is 1. The minimum absolute atomic E-state index is 0.0267. The van der Waals surface area contributed by atoms with Crippen molar-refractivity contribution in [3.8, 4) is 5.88 Å². The van der Waals surface area contributed by atoms with Gasteiger partial charge in [-0.1, -0.05) is 11.6 Å². The van der Waals surface area contributed by atoms with Crippen LogP contribution in [0.3, 0.4) is 0 Å². The average Bonchev–Trinajstić information content (AvgIpc) is 2.25. The zero-order chi connectivity index (χ0) is 12.9. The number of hydrogen-bond donors (Lipinski definition) is 2. The number of β-amino-alcohol motifs (C(OH)–C–C–N with tert-alkyl or cyclic N) is 1. The van der Waals surface area contributed by atoms with Crippen LogP contribution in [-0.2, 0) is 0 Å². The minimum Gasteiger partial charge on any atom is -0.474 e. The second-order valence-corrected chi connectivity index (χ2v) is 5.18. The summed E-state index contributed by atoms with van der Waals surface area (Å²) in [6.45, 7) is 6.73. The predicted molar refractivity (Wildman–Crippen MR) is 66.3 cm³/mol. The van der Waals surface area contributed by atoms with Gasteiger partial charge in [0.2, 0.25) is 5.88 Å². The molecule has 0 aliphatic heterocycles. The van der Waals surface area contributed by atoms with Crippen LogP contribution in [0.15, 0.2) is 12.1 Å². The fourth-order valence-electron chi connectivity index (χ4n) is 1.05. The monoisotopic (exact) mass is 259 g/mol. The quantitative estimate of drug-likeness (QED) is 0.833. The molecule has 5 nitrogen and oxygen atoms in total. The Morgan fingerprint density at radius 3 is 2.65 bits per heavy atom. The summed E-state index contributed by atoms with van der Waals surface area (Å²) in [5, 5.41) is 20.5. The van der Waals surface area contributed by atoms with E-state index in [4.69, 9.17) is 16.3 Å². The summed E-state index contributed by atoms with van der Waals surface area (Å²) in [4.78, 5) is 0. The molecule has 0 fully saturated rings. The number of nitrogens with zero attached hydrogens (tertiary/aromatic N) is 2. The van der Waals surface area contributed by atoms with Gasteiger partial charge in [-0.05, 0) is 26.8 Å². The van der Waals surface area contributed by atoms with E-state index in [2.05, 4.69) is 15.5 Å². The lowest BCUT2D eigenvalue weighted by Gasteiger charge is -2.22. The molecule has 0 bridgehead atoms. The first-order chi connectivity index (χ1) is 7.87. The van der Waals surface area contributed by atoms with Crippen molar-refractivity contribution >= 4 is 11.6 Å². The van der Waals surface area contributed by atoms with Crippen LogP contribution in [-0.4, -0.2) is 40.1 Å². The molecular formula is C11H18ClN3O2. The minimum atomic E-state index is -0.591. The molecule has 0 amide bonds. The number of hydrogen-bond acceptors (Lipinski definition) is 5. The van der Waals surface area contributed by atoms with E-state index in [1.54, 1.807) is 12.1 Å². The molecular weight excluding hydrogens is 242 g/mol. The molecule has 17 heavy (non-hydrogen) atoms. The van der Waals surface area contributed by atoms with E-state index < -0.39 is 6.10 Å². The smallest absolute Gasteiger partial charge is 0.233 e. The maximum absolute atomic E-state index is 9.67. The molecule has 2 N–H and O–H groups in total. The zero-order valence-electron chi connectivity index (χ0n) is 10.3. The molecule has 1 atom stereocenters. The van der Waals surface area contributed by atoms with E-state index >= 15 is 0 Å². The largest absolute Gasteiger partial charge is 0.474 e. The third-order valence-corrected chi connectivity index (χ3v) is 2.10. The summed E-state index contributed by atoms with van der Waals surface area (Å²) in [5.41, 5.74) is -0.0267. The van der Waals surface area contributed by atoms with E-state index in [1.165, 1.54) is 0 Å². The Balaban J connectivity index is 2.28. The van der Waals surface area contributed by atoms with Crippen molar-refractivity contribution < 1.29 is 9.84 Å². The van der Waals surface area contributed by atoms with Crippen molar-refractivity contribution in [2.45, 2.75) is 32.4 Å². The van der Waals surface area contributed by atoms with E-state index in [9.17, 15) is 5.11 Å². The van der Waals surface area contributed by atoms with Gasteiger partial charge in [0.05, 0.1) is 0 Å². The van der Waals surface area contributed by atoms with Crippen molar-refractivity contribution in [2.24, 2.45) is 0 Å². The lowest BCUT2D eigenvalue weighted by molar-refractivity contribution is 0.0972. The zero-order valence-corrected chi connectivity index (χ0v) is 11.0. The van der Waals surface area contributed by atoms with Gasteiger partial charge < -0.3 is 15.2 Å². The Bertz CT molecular complexity index is 338. The van der Waals surface area contributed by atoms with E-state index in [-0.39, 0.29) is 12.1 Å². The number of aromatic nitrogens is 2. The summed E-state index contributed by atoms with van der Waals surface area (Å²) in [6.07, 6.45) is -0.591. The first kappa shape index (κ1) is 14.2. The lowest BCUT2D eigenvalue weighted by atomic mass is 10.1. The van der Waals surface area contributed by atoms with Gasteiger partial charge in [0.25, 0.3) is 0 Å². The van der Waals surface area contributed by atoms with Crippen LogP contribution in [0.1, 0.15) is 20.8 Å². The first-order valence-electron chi connectivity index (χ1n) is 5.42. The standard InChI is InChI=1S/C11H18ClN3O2/c1-11(2,3)13-6-8(16)7-17-10-5-4-9(12)14-15-10/h4-5,8,13,16H,6-7H2,1-3H3. The normalized spacial score (nSPS) is 13.5. The Labute approximate surface area is 106 Å². The van der Waals surface area contributed by atoms with Crippen molar-refractivity contribution in [3.05, 3.63) is 17.3 Å². The number of nitrogens with one attached hydrogen (secondary N) is 1. The van der Waals surface area contributed by atoms with Gasteiger partial charge in [-0.3, -0.25) is 0 Å². The van der Waals surface area contributed by atoms with Crippen LogP contribution in [0.4, 0.5) is 0 Å². The van der Waals surface area contributed by atoms with Crippen molar-refractivity contribution in [2.75, 3.05) is 13.2 Å². The van der Waals surface area contributed by atoms with E-state index in [0.717, 1.165) is 0 Å². The molecule has 6 heteroatoms. The molecule has 0 aromatic carbocycles. The van der Waals surface area contributed by atoms with Crippen LogP contribution in [0, 0.1) is 0 Å². The van der Waals surface area contributed by atoms with Crippen LogP contribution < -0.4 is 10.1 Å². The van der Waals surface area contributed by atoms with Crippen molar-refractivity contribution in [1.29, 1.82) is 0 Å². The summed E-state index contributed by atoms with van der Waals surface area (Å²) in [7, 11) is 0.